The van der Waals surface area contributed by atoms with Gasteiger partial charge < -0.3 is 9.64 Å². The maximum Gasteiger partial charge on any atom is 0.337 e. The van der Waals surface area contributed by atoms with Crippen LogP contribution >= 0.6 is 0 Å². The molecule has 4 nitrogen and oxygen atoms in total. The van der Waals surface area contributed by atoms with Crippen LogP contribution in [-0.4, -0.2) is 25.0 Å². The van der Waals surface area contributed by atoms with Crippen LogP contribution in [0.1, 0.15) is 36.2 Å². The Bertz CT molecular complexity index is 780. The number of nitrogens with zero attached hydrogens (tertiary/aromatic N) is 1. The quantitative estimate of drug-likeness (QED) is 0.789. The predicted molar refractivity (Wildman–Crippen MR) is 94.2 cm³/mol. The molecular weight excluding hydrogens is 302 g/mol. The van der Waals surface area contributed by atoms with E-state index in [1.807, 2.05) is 29.2 Å². The standard InChI is InChI=1S/C20H21NO3/c1-13-4-5-18-12-17(10-11-19(18)21(13)14(2)22)15-6-8-16(9-7-15)20(23)24-3/h6-13H,4-5H2,1-3H3. The number of hydrogen-bond acceptors (Lipinski definition) is 3. The van der Waals surface area contributed by atoms with Gasteiger partial charge in [0, 0.05) is 18.7 Å². The fourth-order valence-corrected chi connectivity index (χ4v) is 3.33. The Hall–Kier alpha value is -2.62. The summed E-state index contributed by atoms with van der Waals surface area (Å²) in [4.78, 5) is 25.3. The van der Waals surface area contributed by atoms with Crippen molar-refractivity contribution in [1.82, 2.24) is 0 Å². The number of anilines is 1. The van der Waals surface area contributed by atoms with Gasteiger partial charge in [-0.2, -0.15) is 0 Å². The molecule has 0 aromatic heterocycles. The summed E-state index contributed by atoms with van der Waals surface area (Å²) in [5.74, 6) is -0.253. The lowest BCUT2D eigenvalue weighted by atomic mass is 9.93. The van der Waals surface area contributed by atoms with E-state index < -0.39 is 0 Å². The number of methoxy groups -OCH3 is 1. The minimum absolute atomic E-state index is 0.0821. The van der Waals surface area contributed by atoms with Crippen LogP contribution in [0, 0.1) is 0 Å². The number of rotatable bonds is 2. The SMILES string of the molecule is COC(=O)c1ccc(-c2ccc3c(c2)CCC(C)N3C(C)=O)cc1. The van der Waals surface area contributed by atoms with Crippen molar-refractivity contribution >= 4 is 17.6 Å². The van der Waals surface area contributed by atoms with Crippen molar-refractivity contribution in [2.24, 2.45) is 0 Å². The molecule has 3 rings (SSSR count). The van der Waals surface area contributed by atoms with E-state index in [0.29, 0.717) is 5.56 Å². The summed E-state index contributed by atoms with van der Waals surface area (Å²) in [6, 6.07) is 13.8. The van der Waals surface area contributed by atoms with E-state index in [-0.39, 0.29) is 17.9 Å². The van der Waals surface area contributed by atoms with E-state index >= 15 is 0 Å². The molecular formula is C20H21NO3. The number of aryl methyl sites for hydroxylation is 1. The van der Waals surface area contributed by atoms with Crippen LogP contribution in [0.3, 0.4) is 0 Å². The molecule has 24 heavy (non-hydrogen) atoms. The summed E-state index contributed by atoms with van der Waals surface area (Å²) in [7, 11) is 1.38. The third kappa shape index (κ3) is 2.92. The number of carbonyl (C=O) groups excluding carboxylic acids is 2. The maximum absolute atomic E-state index is 11.9. The molecule has 0 N–H and O–H groups in total. The molecule has 1 amide bonds. The lowest BCUT2D eigenvalue weighted by Gasteiger charge is -2.34. The molecule has 1 unspecified atom stereocenters. The van der Waals surface area contributed by atoms with Crippen LogP contribution in [0.15, 0.2) is 42.5 Å². The van der Waals surface area contributed by atoms with Crippen molar-refractivity contribution < 1.29 is 14.3 Å². The molecule has 0 saturated heterocycles. The van der Waals surface area contributed by atoms with Crippen molar-refractivity contribution in [2.45, 2.75) is 32.7 Å². The summed E-state index contributed by atoms with van der Waals surface area (Å²) in [5.41, 5.74) is 4.87. The van der Waals surface area contributed by atoms with Gasteiger partial charge in [0.25, 0.3) is 0 Å². The van der Waals surface area contributed by atoms with E-state index in [1.165, 1.54) is 12.7 Å². The highest BCUT2D eigenvalue weighted by Gasteiger charge is 2.26. The first kappa shape index (κ1) is 16.2. The average molecular weight is 323 g/mol. The zero-order valence-corrected chi connectivity index (χ0v) is 14.2. The Kier molecular flexibility index (Phi) is 4.38. The second kappa shape index (κ2) is 6.48. The smallest absolute Gasteiger partial charge is 0.337 e. The highest BCUT2D eigenvalue weighted by molar-refractivity contribution is 5.94. The molecule has 124 valence electrons. The fraction of sp³-hybridized carbons (Fsp3) is 0.300. The summed E-state index contributed by atoms with van der Waals surface area (Å²) in [6.07, 6.45) is 1.94. The first-order valence-corrected chi connectivity index (χ1v) is 8.12. The van der Waals surface area contributed by atoms with E-state index in [0.717, 1.165) is 29.7 Å². The minimum atomic E-state index is -0.335. The van der Waals surface area contributed by atoms with E-state index in [4.69, 9.17) is 4.74 Å². The van der Waals surface area contributed by atoms with Gasteiger partial charge in [0.15, 0.2) is 0 Å². The zero-order chi connectivity index (χ0) is 17.3. The molecule has 0 spiro atoms. The molecule has 0 radical (unpaired) electrons. The van der Waals surface area contributed by atoms with Gasteiger partial charge in [0.2, 0.25) is 5.91 Å². The zero-order valence-electron chi connectivity index (χ0n) is 14.2. The number of carbonyl (C=O) groups is 2. The monoisotopic (exact) mass is 323 g/mol. The summed E-state index contributed by atoms with van der Waals surface area (Å²) >= 11 is 0. The first-order chi connectivity index (χ1) is 11.5. The van der Waals surface area contributed by atoms with Gasteiger partial charge in [-0.05, 0) is 60.7 Å². The predicted octanol–water partition coefficient (Wildman–Crippen LogP) is 3.83. The van der Waals surface area contributed by atoms with Crippen molar-refractivity contribution in [1.29, 1.82) is 0 Å². The van der Waals surface area contributed by atoms with Crippen LogP contribution in [0.25, 0.3) is 11.1 Å². The van der Waals surface area contributed by atoms with Crippen LogP contribution in [0.2, 0.25) is 0 Å². The highest BCUT2D eigenvalue weighted by Crippen LogP contribution is 2.34. The fourth-order valence-electron chi connectivity index (χ4n) is 3.33. The van der Waals surface area contributed by atoms with Crippen LogP contribution < -0.4 is 4.90 Å². The van der Waals surface area contributed by atoms with E-state index in [1.54, 1.807) is 19.1 Å². The first-order valence-electron chi connectivity index (χ1n) is 8.12. The Labute approximate surface area is 142 Å². The largest absolute Gasteiger partial charge is 0.465 e. The molecule has 2 aromatic rings. The van der Waals surface area contributed by atoms with Gasteiger partial charge in [0.1, 0.15) is 0 Å². The number of ether oxygens (including phenoxy) is 1. The van der Waals surface area contributed by atoms with Crippen molar-refractivity contribution in [3.63, 3.8) is 0 Å². The molecule has 1 aliphatic heterocycles. The molecule has 0 aliphatic carbocycles. The molecule has 0 bridgehead atoms. The molecule has 1 atom stereocenters. The van der Waals surface area contributed by atoms with Crippen LogP contribution in [-0.2, 0) is 16.0 Å². The number of hydrogen-bond donors (Lipinski definition) is 0. The topological polar surface area (TPSA) is 46.6 Å². The van der Waals surface area contributed by atoms with Gasteiger partial charge >= 0.3 is 5.97 Å². The summed E-state index contributed by atoms with van der Waals surface area (Å²) in [6.45, 7) is 3.70. The lowest BCUT2D eigenvalue weighted by Crippen LogP contribution is -2.40. The lowest BCUT2D eigenvalue weighted by molar-refractivity contribution is -0.117. The van der Waals surface area contributed by atoms with E-state index in [2.05, 4.69) is 13.0 Å². The number of amides is 1. The molecule has 4 heteroatoms. The van der Waals surface area contributed by atoms with Crippen molar-refractivity contribution in [3.8, 4) is 11.1 Å². The second-order valence-electron chi connectivity index (χ2n) is 6.19. The Balaban J connectivity index is 1.94. The Morgan fingerprint density at radius 2 is 1.75 bits per heavy atom. The average Bonchev–Trinajstić information content (AvgIpc) is 2.60. The minimum Gasteiger partial charge on any atom is -0.465 e. The molecule has 2 aromatic carbocycles. The highest BCUT2D eigenvalue weighted by atomic mass is 16.5. The van der Waals surface area contributed by atoms with Crippen LogP contribution in [0.5, 0.6) is 0 Å². The molecule has 0 fully saturated rings. The third-order valence-electron chi connectivity index (χ3n) is 4.59. The molecule has 0 saturated carbocycles. The third-order valence-corrected chi connectivity index (χ3v) is 4.59. The summed E-state index contributed by atoms with van der Waals surface area (Å²) < 4.78 is 4.72. The van der Waals surface area contributed by atoms with E-state index in [9.17, 15) is 9.59 Å². The second-order valence-corrected chi connectivity index (χ2v) is 6.19. The van der Waals surface area contributed by atoms with Gasteiger partial charge in [0.05, 0.1) is 12.7 Å². The van der Waals surface area contributed by atoms with Crippen molar-refractivity contribution in [3.05, 3.63) is 53.6 Å². The van der Waals surface area contributed by atoms with Crippen LogP contribution in [0.4, 0.5) is 5.69 Å². The number of benzene rings is 2. The Morgan fingerprint density at radius 3 is 2.38 bits per heavy atom. The van der Waals surface area contributed by atoms with Gasteiger partial charge in [-0.25, -0.2) is 4.79 Å². The maximum atomic E-state index is 11.9. The summed E-state index contributed by atoms with van der Waals surface area (Å²) in [5, 5.41) is 0. The molecule has 1 heterocycles. The van der Waals surface area contributed by atoms with Crippen molar-refractivity contribution in [2.75, 3.05) is 12.0 Å². The van der Waals surface area contributed by atoms with Gasteiger partial charge in [-0.3, -0.25) is 4.79 Å². The molecule has 1 aliphatic rings. The van der Waals surface area contributed by atoms with Gasteiger partial charge in [-0.1, -0.05) is 18.2 Å². The van der Waals surface area contributed by atoms with Gasteiger partial charge in [-0.15, -0.1) is 0 Å². The number of esters is 1. The number of fused-ring (bicyclic) bond motifs is 1. The normalized spacial score (nSPS) is 16.5. The Morgan fingerprint density at radius 1 is 1.08 bits per heavy atom.